The van der Waals surface area contributed by atoms with Crippen LogP contribution in [0.25, 0.3) is 17.0 Å². The Bertz CT molecular complexity index is 1320. The highest BCUT2D eigenvalue weighted by Gasteiger charge is 2.34. The van der Waals surface area contributed by atoms with E-state index in [0.717, 1.165) is 15.8 Å². The fourth-order valence-corrected chi connectivity index (χ4v) is 3.74. The van der Waals surface area contributed by atoms with Crippen LogP contribution in [-0.4, -0.2) is 47.1 Å². The molecule has 0 saturated carbocycles. The van der Waals surface area contributed by atoms with Gasteiger partial charge in [-0.3, -0.25) is 9.69 Å². The van der Waals surface area contributed by atoms with E-state index in [2.05, 4.69) is 10.1 Å². The minimum absolute atomic E-state index is 0.0242. The number of aromatic nitrogens is 1. The molecule has 0 aliphatic carbocycles. The third-order valence-electron chi connectivity index (χ3n) is 5.44. The van der Waals surface area contributed by atoms with Gasteiger partial charge in [0, 0.05) is 22.7 Å². The van der Waals surface area contributed by atoms with Gasteiger partial charge in [0.1, 0.15) is 17.5 Å². The summed E-state index contributed by atoms with van der Waals surface area (Å²) in [7, 11) is 1.23. The maximum Gasteiger partial charge on any atom is 0.373 e. The Kier molecular flexibility index (Phi) is 6.22. The summed E-state index contributed by atoms with van der Waals surface area (Å²) in [5.41, 5.74) is 1.52. The number of imide groups is 1. The number of carbonyl (C=O) groups excluding carboxylic acids is 4. The number of methoxy groups -OCH3 is 1. The second kappa shape index (κ2) is 9.26. The molecule has 3 amide bonds. The lowest BCUT2D eigenvalue weighted by molar-refractivity contribution is -0.146. The van der Waals surface area contributed by atoms with Gasteiger partial charge in [0.25, 0.3) is 5.91 Å². The summed E-state index contributed by atoms with van der Waals surface area (Å²) >= 11 is 0. The number of hydrogen-bond donors (Lipinski definition) is 1. The maximum absolute atomic E-state index is 13.0. The average Bonchev–Trinajstić information content (AvgIpc) is 3.52. The molecule has 2 aromatic heterocycles. The van der Waals surface area contributed by atoms with Gasteiger partial charge < -0.3 is 23.8 Å². The van der Waals surface area contributed by atoms with Crippen LogP contribution in [0.5, 0.6) is 0 Å². The van der Waals surface area contributed by atoms with E-state index in [1.807, 2.05) is 24.3 Å². The number of urea groups is 1. The lowest BCUT2D eigenvalue weighted by Crippen LogP contribution is -2.30. The first kappa shape index (κ1) is 22.8. The topological polar surface area (TPSA) is 120 Å². The van der Waals surface area contributed by atoms with Crippen LogP contribution >= 0.6 is 0 Å². The summed E-state index contributed by atoms with van der Waals surface area (Å²) in [5, 5.41) is 3.38. The van der Waals surface area contributed by atoms with Crippen molar-refractivity contribution < 1.29 is 33.1 Å². The Balaban J connectivity index is 1.62. The molecular weight excluding hydrogens is 442 g/mol. The Hall–Kier alpha value is -4.34. The molecule has 10 nitrogen and oxygen atoms in total. The first-order chi connectivity index (χ1) is 16.3. The molecule has 1 aromatic carbocycles. The number of ether oxygens (including phenoxy) is 2. The summed E-state index contributed by atoms with van der Waals surface area (Å²) in [6.07, 6.45) is 3.31. The van der Waals surface area contributed by atoms with Gasteiger partial charge >= 0.3 is 18.0 Å². The zero-order valence-electron chi connectivity index (χ0n) is 18.9. The van der Waals surface area contributed by atoms with Crippen molar-refractivity contribution in [3.8, 4) is 0 Å². The van der Waals surface area contributed by atoms with Crippen LogP contribution in [0.3, 0.4) is 0 Å². The van der Waals surface area contributed by atoms with Gasteiger partial charge in [-0.15, -0.1) is 0 Å². The number of esters is 2. The highest BCUT2D eigenvalue weighted by Crippen LogP contribution is 2.28. The van der Waals surface area contributed by atoms with Crippen molar-refractivity contribution in [1.29, 1.82) is 0 Å². The van der Waals surface area contributed by atoms with Gasteiger partial charge in [0.2, 0.25) is 5.76 Å². The minimum Gasteiger partial charge on any atom is -0.464 e. The molecule has 1 aliphatic heterocycles. The predicted molar refractivity (Wildman–Crippen MR) is 120 cm³/mol. The molecular formula is C24H23N3O7. The molecule has 34 heavy (non-hydrogen) atoms. The van der Waals surface area contributed by atoms with E-state index in [9.17, 15) is 19.2 Å². The van der Waals surface area contributed by atoms with Gasteiger partial charge in [0.05, 0.1) is 20.3 Å². The number of benzene rings is 1. The second-order valence-electron chi connectivity index (χ2n) is 7.57. The molecule has 0 radical (unpaired) electrons. The minimum atomic E-state index is -0.655. The number of nitrogens with one attached hydrogen (secondary N) is 1. The van der Waals surface area contributed by atoms with Crippen LogP contribution in [0.1, 0.15) is 41.8 Å². The van der Waals surface area contributed by atoms with E-state index in [1.54, 1.807) is 30.7 Å². The van der Waals surface area contributed by atoms with Crippen molar-refractivity contribution in [2.45, 2.75) is 26.4 Å². The van der Waals surface area contributed by atoms with Gasteiger partial charge in [0.15, 0.2) is 0 Å². The number of furan rings is 1. The standard InChI is InChI=1S/C24H23N3O7/c1-4-33-22(29)14(2)26-12-15(17-7-5-6-8-19(17)26)11-18-21(28)27(24(31)25-18)13-16-9-10-20(34-16)23(30)32-3/h5-12,14H,4,13H2,1-3H3,(H,25,31)/b18-11-/t14-/m0/s1. The largest absolute Gasteiger partial charge is 0.464 e. The van der Waals surface area contributed by atoms with Gasteiger partial charge in [-0.25, -0.2) is 14.4 Å². The van der Waals surface area contributed by atoms with Gasteiger partial charge in [-0.05, 0) is 38.1 Å². The molecule has 3 heterocycles. The Morgan fingerprint density at radius 1 is 1.18 bits per heavy atom. The van der Waals surface area contributed by atoms with Crippen molar-refractivity contribution in [2.24, 2.45) is 0 Å². The summed E-state index contributed by atoms with van der Waals surface area (Å²) in [6, 6.07) is 9.15. The molecule has 0 unspecified atom stereocenters. The van der Waals surface area contributed by atoms with E-state index in [0.29, 0.717) is 5.56 Å². The Morgan fingerprint density at radius 3 is 2.68 bits per heavy atom. The molecule has 1 atom stereocenters. The summed E-state index contributed by atoms with van der Waals surface area (Å²) in [5.74, 6) is -1.34. The average molecular weight is 465 g/mol. The molecule has 0 spiro atoms. The third kappa shape index (κ3) is 4.17. The maximum atomic E-state index is 13.0. The fraction of sp³-hybridized carbons (Fsp3) is 0.250. The van der Waals surface area contributed by atoms with Gasteiger partial charge in [-0.1, -0.05) is 18.2 Å². The highest BCUT2D eigenvalue weighted by atomic mass is 16.5. The van der Waals surface area contributed by atoms with E-state index >= 15 is 0 Å². The zero-order chi connectivity index (χ0) is 24.4. The SMILES string of the molecule is CCOC(=O)[C@H](C)n1cc(/C=C2\NC(=O)N(Cc3ccc(C(=O)OC)o3)C2=O)c2ccccc21. The molecule has 4 rings (SSSR count). The van der Waals surface area contributed by atoms with Crippen molar-refractivity contribution in [1.82, 2.24) is 14.8 Å². The quantitative estimate of drug-likeness (QED) is 0.323. The van der Waals surface area contributed by atoms with Crippen LogP contribution in [0.2, 0.25) is 0 Å². The van der Waals surface area contributed by atoms with E-state index in [4.69, 9.17) is 9.15 Å². The van der Waals surface area contributed by atoms with E-state index in [-0.39, 0.29) is 36.3 Å². The first-order valence-corrected chi connectivity index (χ1v) is 10.6. The number of carbonyl (C=O) groups is 4. The second-order valence-corrected chi connectivity index (χ2v) is 7.57. The summed E-state index contributed by atoms with van der Waals surface area (Å²) < 4.78 is 16.9. The molecule has 0 bridgehead atoms. The van der Waals surface area contributed by atoms with Crippen LogP contribution in [0.4, 0.5) is 4.79 Å². The lowest BCUT2D eigenvalue weighted by Gasteiger charge is -2.13. The van der Waals surface area contributed by atoms with Crippen LogP contribution in [-0.2, 0) is 25.6 Å². The number of rotatable bonds is 7. The van der Waals surface area contributed by atoms with E-state index < -0.39 is 23.9 Å². The molecule has 1 fully saturated rings. The lowest BCUT2D eigenvalue weighted by atomic mass is 10.1. The van der Waals surface area contributed by atoms with Crippen LogP contribution in [0.15, 0.2) is 52.7 Å². The molecule has 10 heteroatoms. The number of fused-ring (bicyclic) bond motifs is 1. The van der Waals surface area contributed by atoms with Crippen molar-refractivity contribution in [3.05, 3.63) is 65.4 Å². The van der Waals surface area contributed by atoms with Crippen LogP contribution < -0.4 is 5.32 Å². The van der Waals surface area contributed by atoms with Crippen molar-refractivity contribution in [2.75, 3.05) is 13.7 Å². The summed E-state index contributed by atoms with van der Waals surface area (Å²) in [4.78, 5) is 50.3. The number of nitrogens with zero attached hydrogens (tertiary/aromatic N) is 2. The molecule has 1 saturated heterocycles. The predicted octanol–water partition coefficient (Wildman–Crippen LogP) is 3.24. The highest BCUT2D eigenvalue weighted by molar-refractivity contribution is 6.14. The molecule has 1 N–H and O–H groups in total. The van der Waals surface area contributed by atoms with Gasteiger partial charge in [-0.2, -0.15) is 0 Å². The zero-order valence-corrected chi connectivity index (χ0v) is 18.9. The Labute approximate surface area is 194 Å². The Morgan fingerprint density at radius 2 is 1.94 bits per heavy atom. The fourth-order valence-electron chi connectivity index (χ4n) is 3.74. The third-order valence-corrected chi connectivity index (χ3v) is 5.44. The van der Waals surface area contributed by atoms with E-state index in [1.165, 1.54) is 19.2 Å². The normalized spacial score (nSPS) is 15.6. The molecule has 3 aromatic rings. The molecule has 176 valence electrons. The van der Waals surface area contributed by atoms with Crippen LogP contribution in [0, 0.1) is 0 Å². The monoisotopic (exact) mass is 465 g/mol. The number of para-hydroxylation sites is 1. The van der Waals surface area contributed by atoms with Crippen molar-refractivity contribution >= 4 is 40.9 Å². The summed E-state index contributed by atoms with van der Waals surface area (Å²) in [6.45, 7) is 3.60. The smallest absolute Gasteiger partial charge is 0.373 e. The first-order valence-electron chi connectivity index (χ1n) is 10.6. The molecule has 1 aliphatic rings. The van der Waals surface area contributed by atoms with Crippen molar-refractivity contribution in [3.63, 3.8) is 0 Å². The number of hydrogen-bond acceptors (Lipinski definition) is 7. The number of amides is 3.